The van der Waals surface area contributed by atoms with Crippen molar-refractivity contribution in [3.05, 3.63) is 29.3 Å². The van der Waals surface area contributed by atoms with Crippen molar-refractivity contribution in [1.82, 2.24) is 0 Å². The summed E-state index contributed by atoms with van der Waals surface area (Å²) in [4.78, 5) is 10.3. The minimum absolute atomic E-state index is 0.0438. The van der Waals surface area contributed by atoms with Gasteiger partial charge in [-0.3, -0.25) is 4.79 Å². The Hall–Kier alpha value is -2.09. The van der Waals surface area contributed by atoms with Gasteiger partial charge in [-0.25, -0.2) is 8.78 Å². The first-order chi connectivity index (χ1) is 6.52. The zero-order chi connectivity index (χ0) is 10.7. The number of rotatable bonds is 0. The van der Waals surface area contributed by atoms with Crippen LogP contribution in [0, 0.1) is 23.5 Å². The van der Waals surface area contributed by atoms with Crippen LogP contribution in [-0.4, -0.2) is 5.91 Å². The number of halogens is 2. The highest BCUT2D eigenvalue weighted by molar-refractivity contribution is 5.92. The normalized spacial score (nSPS) is 9.00. The average Bonchev–Trinajstić information content (AvgIpc) is 2.11. The number of hydrogen-bond acceptors (Lipinski definition) is 2. The van der Waals surface area contributed by atoms with Crippen LogP contribution in [0.5, 0.6) is 0 Å². The van der Waals surface area contributed by atoms with Gasteiger partial charge in [0, 0.05) is 5.92 Å². The molecule has 1 aromatic carbocycles. The highest BCUT2D eigenvalue weighted by Crippen LogP contribution is 2.17. The van der Waals surface area contributed by atoms with E-state index in [0.717, 1.165) is 12.1 Å². The lowest BCUT2D eigenvalue weighted by molar-refractivity contribution is -0.112. The van der Waals surface area contributed by atoms with E-state index in [0.29, 0.717) is 0 Å². The summed E-state index contributed by atoms with van der Waals surface area (Å²) in [6.45, 7) is 0. The van der Waals surface area contributed by atoms with Crippen LogP contribution < -0.4 is 11.5 Å². The number of anilines is 1. The quantitative estimate of drug-likeness (QED) is 0.465. The Bertz CT molecular complexity index is 446. The molecule has 0 spiro atoms. The van der Waals surface area contributed by atoms with Gasteiger partial charge in [0.25, 0.3) is 5.91 Å². The van der Waals surface area contributed by atoms with Crippen LogP contribution in [0.15, 0.2) is 12.1 Å². The van der Waals surface area contributed by atoms with Gasteiger partial charge in [0.2, 0.25) is 0 Å². The lowest BCUT2D eigenvalue weighted by Gasteiger charge is -1.99. The minimum Gasteiger partial charge on any atom is -0.398 e. The number of hydrogen-bond donors (Lipinski definition) is 2. The Kier molecular flexibility index (Phi) is 2.67. The fourth-order valence-electron chi connectivity index (χ4n) is 0.817. The first kappa shape index (κ1) is 9.99. The van der Waals surface area contributed by atoms with E-state index in [1.807, 2.05) is 5.92 Å². The fourth-order valence-corrected chi connectivity index (χ4v) is 0.817. The third-order valence-electron chi connectivity index (χ3n) is 1.44. The molecule has 0 saturated carbocycles. The molecule has 0 atom stereocenters. The van der Waals surface area contributed by atoms with Gasteiger partial charge in [-0.15, -0.1) is 0 Å². The molecule has 1 rings (SSSR count). The maximum absolute atomic E-state index is 13.0. The van der Waals surface area contributed by atoms with E-state index in [9.17, 15) is 13.6 Å². The van der Waals surface area contributed by atoms with Gasteiger partial charge in [0.05, 0.1) is 11.3 Å². The summed E-state index contributed by atoms with van der Waals surface area (Å²) >= 11 is 0. The summed E-state index contributed by atoms with van der Waals surface area (Å²) in [5.74, 6) is 0.735. The van der Waals surface area contributed by atoms with E-state index >= 15 is 0 Å². The predicted molar refractivity (Wildman–Crippen MR) is 46.8 cm³/mol. The molecule has 4 N–H and O–H groups in total. The maximum Gasteiger partial charge on any atom is 0.293 e. The molecule has 0 aliphatic heterocycles. The number of primary amides is 1. The van der Waals surface area contributed by atoms with E-state index < -0.39 is 17.5 Å². The zero-order valence-electron chi connectivity index (χ0n) is 6.97. The number of nitrogen functional groups attached to an aromatic ring is 1. The topological polar surface area (TPSA) is 69.1 Å². The third kappa shape index (κ3) is 1.98. The molecule has 0 saturated heterocycles. The largest absolute Gasteiger partial charge is 0.398 e. The van der Waals surface area contributed by atoms with E-state index in [1.165, 1.54) is 0 Å². The van der Waals surface area contributed by atoms with Gasteiger partial charge < -0.3 is 11.5 Å². The van der Waals surface area contributed by atoms with Crippen molar-refractivity contribution in [2.75, 3.05) is 5.73 Å². The van der Waals surface area contributed by atoms with E-state index in [1.54, 1.807) is 0 Å². The predicted octanol–water partition coefficient (Wildman–Crippen LogP) is 0.384. The lowest BCUT2D eigenvalue weighted by atomic mass is 10.1. The summed E-state index contributed by atoms with van der Waals surface area (Å²) < 4.78 is 25.7. The first-order valence-corrected chi connectivity index (χ1v) is 3.57. The standard InChI is InChI=1S/C9H6F2N2O/c10-6-2-3-7(12)5(9(6)11)1-4-8(13)14/h2-3H,12H2,(H2,13,14). The molecule has 0 aromatic heterocycles. The van der Waals surface area contributed by atoms with Crippen LogP contribution in [0.25, 0.3) is 0 Å². The van der Waals surface area contributed by atoms with Crippen molar-refractivity contribution >= 4 is 11.6 Å². The number of amides is 1. The van der Waals surface area contributed by atoms with E-state index in [-0.39, 0.29) is 11.3 Å². The molecular formula is C9H6F2N2O. The van der Waals surface area contributed by atoms with Gasteiger partial charge in [0.15, 0.2) is 11.6 Å². The highest BCUT2D eigenvalue weighted by atomic mass is 19.2. The summed E-state index contributed by atoms with van der Waals surface area (Å²) in [5, 5.41) is 0. The zero-order valence-corrected chi connectivity index (χ0v) is 6.97. The number of carbonyl (C=O) groups is 1. The summed E-state index contributed by atoms with van der Waals surface area (Å²) in [5.41, 5.74) is 9.62. The summed E-state index contributed by atoms with van der Waals surface area (Å²) in [6.07, 6.45) is 0. The van der Waals surface area contributed by atoms with Crippen molar-refractivity contribution in [3.8, 4) is 11.8 Å². The monoisotopic (exact) mass is 196 g/mol. The summed E-state index contributed by atoms with van der Waals surface area (Å²) in [7, 11) is 0. The van der Waals surface area contributed by atoms with Crippen LogP contribution in [0.2, 0.25) is 0 Å². The van der Waals surface area contributed by atoms with Gasteiger partial charge in [-0.05, 0) is 12.1 Å². The second kappa shape index (κ2) is 3.75. The Morgan fingerprint density at radius 1 is 1.36 bits per heavy atom. The molecule has 72 valence electrons. The molecule has 0 aliphatic rings. The molecule has 5 heteroatoms. The third-order valence-corrected chi connectivity index (χ3v) is 1.44. The van der Waals surface area contributed by atoms with Crippen molar-refractivity contribution in [3.63, 3.8) is 0 Å². The molecule has 0 unspecified atom stereocenters. The van der Waals surface area contributed by atoms with Crippen molar-refractivity contribution in [1.29, 1.82) is 0 Å². The number of carbonyl (C=O) groups excluding carboxylic acids is 1. The Morgan fingerprint density at radius 3 is 2.57 bits per heavy atom. The van der Waals surface area contributed by atoms with E-state index in [4.69, 9.17) is 11.5 Å². The molecular weight excluding hydrogens is 190 g/mol. The van der Waals surface area contributed by atoms with Crippen LogP contribution in [0.4, 0.5) is 14.5 Å². The van der Waals surface area contributed by atoms with Crippen LogP contribution in [0.1, 0.15) is 5.56 Å². The second-order valence-electron chi connectivity index (χ2n) is 2.44. The molecule has 0 heterocycles. The maximum atomic E-state index is 13.0. The molecule has 0 fully saturated rings. The average molecular weight is 196 g/mol. The van der Waals surface area contributed by atoms with E-state index in [2.05, 4.69) is 5.92 Å². The Morgan fingerprint density at radius 2 is 2.00 bits per heavy atom. The van der Waals surface area contributed by atoms with Gasteiger partial charge >= 0.3 is 0 Å². The molecule has 0 radical (unpaired) electrons. The first-order valence-electron chi connectivity index (χ1n) is 3.57. The van der Waals surface area contributed by atoms with Crippen LogP contribution in [0.3, 0.4) is 0 Å². The Balaban J connectivity index is 3.28. The van der Waals surface area contributed by atoms with Gasteiger partial charge in [0.1, 0.15) is 0 Å². The molecule has 3 nitrogen and oxygen atoms in total. The molecule has 14 heavy (non-hydrogen) atoms. The van der Waals surface area contributed by atoms with Gasteiger partial charge in [-0.2, -0.15) is 0 Å². The van der Waals surface area contributed by atoms with Crippen LogP contribution in [-0.2, 0) is 4.79 Å². The number of benzene rings is 1. The molecule has 1 amide bonds. The fraction of sp³-hybridized carbons (Fsp3) is 0. The Labute approximate surface area is 78.7 Å². The van der Waals surface area contributed by atoms with Crippen LogP contribution >= 0.6 is 0 Å². The smallest absolute Gasteiger partial charge is 0.293 e. The molecule has 0 bridgehead atoms. The number of nitrogens with two attached hydrogens (primary N) is 2. The highest BCUT2D eigenvalue weighted by Gasteiger charge is 2.09. The van der Waals surface area contributed by atoms with Crippen molar-refractivity contribution in [2.45, 2.75) is 0 Å². The minimum atomic E-state index is -1.18. The molecule has 1 aromatic rings. The SMILES string of the molecule is NC(=O)C#Cc1c(N)ccc(F)c1F. The summed E-state index contributed by atoms with van der Waals surface area (Å²) in [6, 6.07) is 2.03. The van der Waals surface area contributed by atoms with Crippen molar-refractivity contribution in [2.24, 2.45) is 5.73 Å². The van der Waals surface area contributed by atoms with Crippen molar-refractivity contribution < 1.29 is 13.6 Å². The second-order valence-corrected chi connectivity index (χ2v) is 2.44. The molecule has 0 aliphatic carbocycles. The van der Waals surface area contributed by atoms with Gasteiger partial charge in [-0.1, -0.05) is 5.92 Å². The lowest BCUT2D eigenvalue weighted by Crippen LogP contribution is -2.06.